The first-order valence-corrected chi connectivity index (χ1v) is 4.74. The van der Waals surface area contributed by atoms with Gasteiger partial charge in [-0.1, -0.05) is 0 Å². The predicted octanol–water partition coefficient (Wildman–Crippen LogP) is -0.107. The quantitative estimate of drug-likeness (QED) is 0.564. The second kappa shape index (κ2) is 4.82. The zero-order valence-electron chi connectivity index (χ0n) is 6.32. The van der Waals surface area contributed by atoms with Crippen molar-refractivity contribution in [2.24, 2.45) is 0 Å². The van der Waals surface area contributed by atoms with Crippen LogP contribution in [0, 0.1) is 0 Å². The fourth-order valence-electron chi connectivity index (χ4n) is 1.24. The summed E-state index contributed by atoms with van der Waals surface area (Å²) in [7, 11) is 0. The van der Waals surface area contributed by atoms with Crippen LogP contribution in [0.1, 0.15) is 12.8 Å². The summed E-state index contributed by atoms with van der Waals surface area (Å²) in [6.07, 6.45) is 2.45. The highest BCUT2D eigenvalue weighted by atomic mass is 32.2. The van der Waals surface area contributed by atoms with Gasteiger partial charge in [-0.15, -0.1) is 0 Å². The molecule has 0 saturated carbocycles. The standard InChI is InChI=1S/C6H13NO3S/c8-11(9)10-6-5-7-3-1-2-4-7/h1-6H2,(H,8,9)/p-1. The van der Waals surface area contributed by atoms with Crippen LogP contribution in [0.25, 0.3) is 0 Å². The summed E-state index contributed by atoms with van der Waals surface area (Å²) in [6, 6.07) is 0. The minimum atomic E-state index is -2.34. The van der Waals surface area contributed by atoms with Crippen molar-refractivity contribution in [3.8, 4) is 0 Å². The minimum absolute atomic E-state index is 0.288. The summed E-state index contributed by atoms with van der Waals surface area (Å²) in [5.74, 6) is 0. The second-order valence-electron chi connectivity index (χ2n) is 2.57. The van der Waals surface area contributed by atoms with Gasteiger partial charge in [0.1, 0.15) is 0 Å². The van der Waals surface area contributed by atoms with Crippen molar-refractivity contribution in [3.05, 3.63) is 0 Å². The largest absolute Gasteiger partial charge is 0.750 e. The molecule has 0 bridgehead atoms. The topological polar surface area (TPSA) is 52.6 Å². The van der Waals surface area contributed by atoms with E-state index in [2.05, 4.69) is 9.08 Å². The maximum Gasteiger partial charge on any atom is 0.0842 e. The molecule has 0 radical (unpaired) electrons. The zero-order chi connectivity index (χ0) is 8.10. The van der Waals surface area contributed by atoms with Crippen LogP contribution < -0.4 is 0 Å². The molecule has 1 rings (SSSR count). The van der Waals surface area contributed by atoms with Gasteiger partial charge in [0.25, 0.3) is 0 Å². The van der Waals surface area contributed by atoms with Crippen LogP contribution in [-0.2, 0) is 15.5 Å². The van der Waals surface area contributed by atoms with E-state index in [4.69, 9.17) is 0 Å². The molecule has 1 saturated heterocycles. The van der Waals surface area contributed by atoms with Crippen molar-refractivity contribution >= 4 is 11.4 Å². The lowest BCUT2D eigenvalue weighted by molar-refractivity contribution is 0.235. The van der Waals surface area contributed by atoms with E-state index in [0.717, 1.165) is 19.6 Å². The Morgan fingerprint density at radius 3 is 2.64 bits per heavy atom. The second-order valence-corrected chi connectivity index (χ2v) is 3.22. The van der Waals surface area contributed by atoms with Gasteiger partial charge < -0.3 is 9.45 Å². The molecule has 0 amide bonds. The molecule has 0 aromatic rings. The van der Waals surface area contributed by atoms with Crippen LogP contribution in [0.2, 0.25) is 0 Å². The van der Waals surface area contributed by atoms with Crippen molar-refractivity contribution in [2.45, 2.75) is 12.8 Å². The van der Waals surface area contributed by atoms with E-state index in [9.17, 15) is 8.76 Å². The van der Waals surface area contributed by atoms with Gasteiger partial charge in [-0.05, 0) is 25.9 Å². The molecule has 5 heteroatoms. The molecule has 4 nitrogen and oxygen atoms in total. The Balaban J connectivity index is 1.98. The van der Waals surface area contributed by atoms with Crippen molar-refractivity contribution < 1.29 is 12.9 Å². The van der Waals surface area contributed by atoms with E-state index >= 15 is 0 Å². The van der Waals surface area contributed by atoms with Crippen LogP contribution in [0.3, 0.4) is 0 Å². The van der Waals surface area contributed by atoms with Crippen LogP contribution in [0.4, 0.5) is 0 Å². The van der Waals surface area contributed by atoms with Gasteiger partial charge in [0, 0.05) is 6.54 Å². The summed E-state index contributed by atoms with van der Waals surface area (Å²) >= 11 is -2.34. The summed E-state index contributed by atoms with van der Waals surface area (Å²) < 4.78 is 24.2. The first-order chi connectivity index (χ1) is 5.29. The Hall–Kier alpha value is 0.0300. The molecule has 0 aromatic heterocycles. The third-order valence-corrected chi connectivity index (χ3v) is 2.14. The monoisotopic (exact) mass is 178 g/mol. The first-order valence-electron chi connectivity index (χ1n) is 3.74. The van der Waals surface area contributed by atoms with Crippen molar-refractivity contribution in [3.63, 3.8) is 0 Å². The Bertz CT molecular complexity index is 136. The highest BCUT2D eigenvalue weighted by Crippen LogP contribution is 2.05. The molecule has 1 unspecified atom stereocenters. The molecular weight excluding hydrogens is 166 g/mol. The third kappa shape index (κ3) is 3.81. The number of nitrogens with zero attached hydrogens (tertiary/aromatic N) is 1. The van der Waals surface area contributed by atoms with Gasteiger partial charge >= 0.3 is 0 Å². The lowest BCUT2D eigenvalue weighted by Crippen LogP contribution is -2.24. The first kappa shape index (κ1) is 9.12. The molecule has 66 valence electrons. The lowest BCUT2D eigenvalue weighted by Gasteiger charge is -2.14. The molecule has 1 heterocycles. The molecule has 0 spiro atoms. The summed E-state index contributed by atoms with van der Waals surface area (Å²) in [5.41, 5.74) is 0. The Labute approximate surface area is 69.0 Å². The number of likely N-dealkylation sites (tertiary alicyclic amines) is 1. The summed E-state index contributed by atoms with van der Waals surface area (Å²) in [6.45, 7) is 3.17. The molecule has 0 N–H and O–H groups in total. The smallest absolute Gasteiger partial charge is 0.0842 e. The molecule has 1 fully saturated rings. The molecule has 0 aromatic carbocycles. The Morgan fingerprint density at radius 1 is 1.45 bits per heavy atom. The van der Waals surface area contributed by atoms with Crippen LogP contribution in [-0.4, -0.2) is 39.9 Å². The maximum atomic E-state index is 9.93. The van der Waals surface area contributed by atoms with Crippen molar-refractivity contribution in [1.29, 1.82) is 0 Å². The van der Waals surface area contributed by atoms with E-state index in [1.807, 2.05) is 0 Å². The van der Waals surface area contributed by atoms with E-state index in [-0.39, 0.29) is 6.61 Å². The number of hydrogen-bond donors (Lipinski definition) is 0. The molecule has 1 aliphatic rings. The van der Waals surface area contributed by atoms with Gasteiger partial charge in [-0.3, -0.25) is 4.18 Å². The SMILES string of the molecule is O=S([O-])OCCN1CCCC1. The highest BCUT2D eigenvalue weighted by molar-refractivity contribution is 7.74. The number of hydrogen-bond acceptors (Lipinski definition) is 4. The average molecular weight is 178 g/mol. The Kier molecular flexibility index (Phi) is 3.99. The van der Waals surface area contributed by atoms with Gasteiger partial charge in [-0.2, -0.15) is 0 Å². The fourth-order valence-corrected chi connectivity index (χ4v) is 1.45. The normalized spacial score (nSPS) is 22.3. The molecule has 11 heavy (non-hydrogen) atoms. The van der Waals surface area contributed by atoms with Gasteiger partial charge in [0.05, 0.1) is 18.0 Å². The lowest BCUT2D eigenvalue weighted by atomic mass is 10.4. The third-order valence-electron chi connectivity index (χ3n) is 1.79. The fraction of sp³-hybridized carbons (Fsp3) is 1.00. The highest BCUT2D eigenvalue weighted by Gasteiger charge is 2.10. The average Bonchev–Trinajstić information content (AvgIpc) is 2.39. The zero-order valence-corrected chi connectivity index (χ0v) is 7.14. The van der Waals surface area contributed by atoms with Crippen LogP contribution in [0.5, 0.6) is 0 Å². The van der Waals surface area contributed by atoms with E-state index < -0.39 is 11.4 Å². The van der Waals surface area contributed by atoms with Crippen molar-refractivity contribution in [2.75, 3.05) is 26.2 Å². The maximum absolute atomic E-state index is 9.93. The molecule has 1 aliphatic heterocycles. The van der Waals surface area contributed by atoms with Crippen LogP contribution in [0.15, 0.2) is 0 Å². The summed E-state index contributed by atoms with van der Waals surface area (Å²) in [5, 5.41) is 0. The van der Waals surface area contributed by atoms with E-state index in [1.165, 1.54) is 12.8 Å². The predicted molar refractivity (Wildman–Crippen MR) is 40.5 cm³/mol. The summed E-state index contributed by atoms with van der Waals surface area (Å²) in [4.78, 5) is 2.20. The van der Waals surface area contributed by atoms with Crippen LogP contribution >= 0.6 is 0 Å². The van der Waals surface area contributed by atoms with Gasteiger partial charge in [0.2, 0.25) is 0 Å². The van der Waals surface area contributed by atoms with E-state index in [0.29, 0.717) is 0 Å². The molecule has 1 atom stereocenters. The minimum Gasteiger partial charge on any atom is -0.750 e. The van der Waals surface area contributed by atoms with E-state index in [1.54, 1.807) is 0 Å². The number of rotatable bonds is 4. The molecule has 0 aliphatic carbocycles. The molecular formula is C6H12NO3S-. The van der Waals surface area contributed by atoms with Gasteiger partial charge in [0.15, 0.2) is 0 Å². The Morgan fingerprint density at radius 2 is 2.09 bits per heavy atom. The van der Waals surface area contributed by atoms with Gasteiger partial charge in [-0.25, -0.2) is 4.21 Å². The van der Waals surface area contributed by atoms with Crippen molar-refractivity contribution in [1.82, 2.24) is 4.90 Å².